The van der Waals surface area contributed by atoms with Crippen LogP contribution in [-0.4, -0.2) is 11.9 Å². The van der Waals surface area contributed by atoms with Gasteiger partial charge in [-0.1, -0.05) is 88.4 Å². The maximum absolute atomic E-state index is 12.2. The number of carbonyl (C=O) groups is 2. The fourth-order valence-electron chi connectivity index (χ4n) is 2.59. The van der Waals surface area contributed by atoms with Gasteiger partial charge in [-0.25, -0.2) is 0 Å². The summed E-state index contributed by atoms with van der Waals surface area (Å²) in [7, 11) is 0. The number of esters is 2. The zero-order valence-electron chi connectivity index (χ0n) is 16.4. The van der Waals surface area contributed by atoms with Gasteiger partial charge in [0.15, 0.2) is 0 Å². The monoisotopic (exact) mass is 368 g/mol. The van der Waals surface area contributed by atoms with E-state index in [4.69, 9.17) is 9.47 Å². The van der Waals surface area contributed by atoms with Crippen LogP contribution < -0.4 is 0 Å². The number of benzene rings is 2. The first-order valence-electron chi connectivity index (χ1n) is 9.39. The average Bonchev–Trinajstić information content (AvgIpc) is 2.67. The highest BCUT2D eigenvalue weighted by Crippen LogP contribution is 2.33. The summed E-state index contributed by atoms with van der Waals surface area (Å²) in [5, 5.41) is 0. The van der Waals surface area contributed by atoms with Gasteiger partial charge in [0.2, 0.25) is 0 Å². The van der Waals surface area contributed by atoms with E-state index in [0.29, 0.717) is 6.42 Å². The van der Waals surface area contributed by atoms with Crippen molar-refractivity contribution in [1.29, 1.82) is 0 Å². The van der Waals surface area contributed by atoms with Crippen LogP contribution in [0.3, 0.4) is 0 Å². The summed E-state index contributed by atoms with van der Waals surface area (Å²) in [4.78, 5) is 24.5. The third-order valence-corrected chi connectivity index (χ3v) is 4.23. The number of hydrogen-bond acceptors (Lipinski definition) is 4. The zero-order valence-corrected chi connectivity index (χ0v) is 16.4. The van der Waals surface area contributed by atoms with Gasteiger partial charge in [0, 0.05) is 6.42 Å². The molecule has 4 nitrogen and oxygen atoms in total. The van der Waals surface area contributed by atoms with Gasteiger partial charge in [0.25, 0.3) is 0 Å². The Labute approximate surface area is 161 Å². The van der Waals surface area contributed by atoms with Crippen LogP contribution in [0.4, 0.5) is 0 Å². The first-order valence-corrected chi connectivity index (χ1v) is 9.39. The van der Waals surface area contributed by atoms with Crippen LogP contribution >= 0.6 is 0 Å². The van der Waals surface area contributed by atoms with Crippen molar-refractivity contribution in [2.45, 2.75) is 46.3 Å². The van der Waals surface area contributed by atoms with Crippen molar-refractivity contribution in [3.63, 3.8) is 0 Å². The molecule has 27 heavy (non-hydrogen) atoms. The molecule has 0 aromatic heterocycles. The molecule has 0 aliphatic heterocycles. The summed E-state index contributed by atoms with van der Waals surface area (Å²) < 4.78 is 11.5. The first-order chi connectivity index (χ1) is 12.9. The molecular weight excluding hydrogens is 340 g/mol. The molecule has 0 saturated carbocycles. The number of hydrogen-bond donors (Lipinski definition) is 0. The lowest BCUT2D eigenvalue weighted by Crippen LogP contribution is -2.22. The molecule has 0 spiro atoms. The topological polar surface area (TPSA) is 52.6 Å². The number of rotatable bonds is 8. The van der Waals surface area contributed by atoms with E-state index in [1.807, 2.05) is 60.7 Å². The maximum Gasteiger partial charge on any atom is 0.308 e. The second-order valence-corrected chi connectivity index (χ2v) is 7.22. The average molecular weight is 368 g/mol. The summed E-state index contributed by atoms with van der Waals surface area (Å²) in [6.45, 7) is 7.21. The van der Waals surface area contributed by atoms with Crippen LogP contribution in [0.15, 0.2) is 60.7 Å². The molecule has 0 radical (unpaired) electrons. The lowest BCUT2D eigenvalue weighted by molar-refractivity contribution is -0.160. The summed E-state index contributed by atoms with van der Waals surface area (Å²) in [5.74, 6) is -1.01. The lowest BCUT2D eigenvalue weighted by atomic mass is 9.98. The molecule has 2 atom stereocenters. The van der Waals surface area contributed by atoms with Crippen molar-refractivity contribution in [2.75, 3.05) is 0 Å². The van der Waals surface area contributed by atoms with Gasteiger partial charge in [-0.15, -0.1) is 0 Å². The minimum Gasteiger partial charge on any atom is -0.457 e. The van der Waals surface area contributed by atoms with Crippen LogP contribution in [0.25, 0.3) is 0 Å². The van der Waals surface area contributed by atoms with E-state index in [1.54, 1.807) is 27.7 Å². The molecule has 0 saturated heterocycles. The zero-order chi connectivity index (χ0) is 19.8. The minimum absolute atomic E-state index is 0.232. The van der Waals surface area contributed by atoms with Crippen molar-refractivity contribution in [1.82, 2.24) is 0 Å². The molecule has 0 heterocycles. The normalized spacial score (nSPS) is 13.3. The molecule has 0 aliphatic rings. The van der Waals surface area contributed by atoms with Gasteiger partial charge < -0.3 is 9.47 Å². The third kappa shape index (κ3) is 6.24. The molecule has 4 heteroatoms. The second-order valence-electron chi connectivity index (χ2n) is 7.22. The van der Waals surface area contributed by atoms with E-state index in [2.05, 4.69) is 0 Å². The summed E-state index contributed by atoms with van der Waals surface area (Å²) in [5.41, 5.74) is 1.76. The van der Waals surface area contributed by atoms with Gasteiger partial charge in [-0.3, -0.25) is 9.59 Å². The highest BCUT2D eigenvalue weighted by molar-refractivity contribution is 5.72. The number of carbonyl (C=O) groups excluding carboxylic acids is 2. The molecule has 2 rings (SSSR count). The fraction of sp³-hybridized carbons (Fsp3) is 0.391. The van der Waals surface area contributed by atoms with Crippen molar-refractivity contribution >= 4 is 11.9 Å². The predicted molar refractivity (Wildman–Crippen MR) is 105 cm³/mol. The standard InChI is InChI=1S/C23H28O4/c1-16(2)22(24)26-20(18-11-7-5-8-12-18)15-21(27-23(25)17(3)4)19-13-9-6-10-14-19/h5-14,16-17,20-21H,15H2,1-4H3/t20-,21+. The van der Waals surface area contributed by atoms with Gasteiger partial charge in [-0.2, -0.15) is 0 Å². The third-order valence-electron chi connectivity index (χ3n) is 4.23. The molecule has 0 unspecified atom stereocenters. The first kappa shape index (κ1) is 20.7. The Kier molecular flexibility index (Phi) is 7.59. The van der Waals surface area contributed by atoms with Crippen molar-refractivity contribution in [3.05, 3.63) is 71.8 Å². The SMILES string of the molecule is CC(C)C(=O)O[C@@H](C[C@@H](OC(=O)C(C)C)c1ccccc1)c1ccccc1. The second kappa shape index (κ2) is 9.91. The largest absolute Gasteiger partial charge is 0.457 e. The Hall–Kier alpha value is -2.62. The Morgan fingerprint density at radius 3 is 1.30 bits per heavy atom. The van der Waals surface area contributed by atoms with Crippen molar-refractivity contribution < 1.29 is 19.1 Å². The van der Waals surface area contributed by atoms with Crippen molar-refractivity contribution in [2.24, 2.45) is 11.8 Å². The van der Waals surface area contributed by atoms with Crippen LogP contribution in [0.1, 0.15) is 57.5 Å². The van der Waals surface area contributed by atoms with Gasteiger partial charge >= 0.3 is 11.9 Å². The van der Waals surface area contributed by atoms with Crippen LogP contribution in [0.2, 0.25) is 0 Å². The van der Waals surface area contributed by atoms with E-state index in [1.165, 1.54) is 0 Å². The van der Waals surface area contributed by atoms with Crippen LogP contribution in [-0.2, 0) is 19.1 Å². The van der Waals surface area contributed by atoms with E-state index in [9.17, 15) is 9.59 Å². The molecule has 0 fully saturated rings. The highest BCUT2D eigenvalue weighted by atomic mass is 16.6. The predicted octanol–water partition coefficient (Wildman–Crippen LogP) is 5.26. The van der Waals surface area contributed by atoms with Gasteiger partial charge in [-0.05, 0) is 11.1 Å². The Balaban J connectivity index is 2.30. The van der Waals surface area contributed by atoms with E-state index in [0.717, 1.165) is 11.1 Å². The van der Waals surface area contributed by atoms with Crippen molar-refractivity contribution in [3.8, 4) is 0 Å². The molecule has 144 valence electrons. The van der Waals surface area contributed by atoms with Gasteiger partial charge in [0.05, 0.1) is 11.8 Å². The molecule has 0 bridgehead atoms. The smallest absolute Gasteiger partial charge is 0.308 e. The van der Waals surface area contributed by atoms with Gasteiger partial charge in [0.1, 0.15) is 12.2 Å². The fourth-order valence-corrected chi connectivity index (χ4v) is 2.59. The lowest BCUT2D eigenvalue weighted by Gasteiger charge is -2.26. The molecule has 0 N–H and O–H groups in total. The van der Waals surface area contributed by atoms with E-state index < -0.39 is 12.2 Å². The maximum atomic E-state index is 12.2. The van der Waals surface area contributed by atoms with Crippen LogP contribution in [0, 0.1) is 11.8 Å². The van der Waals surface area contributed by atoms with E-state index in [-0.39, 0.29) is 23.8 Å². The molecule has 0 aliphatic carbocycles. The number of ether oxygens (including phenoxy) is 2. The summed E-state index contributed by atoms with van der Waals surface area (Å²) >= 11 is 0. The van der Waals surface area contributed by atoms with Crippen LogP contribution in [0.5, 0.6) is 0 Å². The molecule has 2 aromatic carbocycles. The van der Waals surface area contributed by atoms with E-state index >= 15 is 0 Å². The quantitative estimate of drug-likeness (QED) is 0.597. The molecule has 2 aromatic rings. The Bertz CT molecular complexity index is 659. The molecular formula is C23H28O4. The summed E-state index contributed by atoms with van der Waals surface area (Å²) in [6.07, 6.45) is -0.622. The minimum atomic E-state index is -0.494. The Morgan fingerprint density at radius 2 is 1.00 bits per heavy atom. The Morgan fingerprint density at radius 1 is 0.667 bits per heavy atom. The highest BCUT2D eigenvalue weighted by Gasteiger charge is 2.27. The molecule has 0 amide bonds. The summed E-state index contributed by atoms with van der Waals surface area (Å²) in [6, 6.07) is 19.1.